The Kier molecular flexibility index (Phi) is 5.02. The Morgan fingerprint density at radius 2 is 1.54 bits per heavy atom. The van der Waals surface area contributed by atoms with Crippen LogP contribution < -0.4 is 15.4 Å². The van der Waals surface area contributed by atoms with Crippen molar-refractivity contribution in [1.82, 2.24) is 10.2 Å². The van der Waals surface area contributed by atoms with Gasteiger partial charge >= 0.3 is 6.03 Å². The summed E-state index contributed by atoms with van der Waals surface area (Å²) in [5, 5.41) is 12.7. The number of carbonyl (C=O) groups excluding carboxylic acids is 1. The van der Waals surface area contributed by atoms with Crippen molar-refractivity contribution in [1.29, 1.82) is 0 Å². The zero-order valence-corrected chi connectivity index (χ0v) is 13.7. The number of hydrogen-bond donors (Lipinski definition) is 2. The van der Waals surface area contributed by atoms with Crippen LogP contribution in [0.5, 0.6) is 11.6 Å². The first-order valence-corrected chi connectivity index (χ1v) is 7.60. The standard InChI is InChI=1S/C18H14F2N4O2/c1-11-2-7-17(24-23-11)26-16-5-3-14(4-6-16)21-18(25)22-15-9-12(19)8-13(20)10-15/h2-10H,1H3,(H2,21,22,25). The van der Waals surface area contributed by atoms with E-state index in [1.807, 2.05) is 6.92 Å². The van der Waals surface area contributed by atoms with Gasteiger partial charge in [0.15, 0.2) is 0 Å². The van der Waals surface area contributed by atoms with Crippen molar-refractivity contribution < 1.29 is 18.3 Å². The van der Waals surface area contributed by atoms with E-state index in [0.29, 0.717) is 17.3 Å². The number of anilines is 2. The van der Waals surface area contributed by atoms with Crippen molar-refractivity contribution in [3.63, 3.8) is 0 Å². The summed E-state index contributed by atoms with van der Waals surface area (Å²) in [5.74, 6) is -0.689. The molecule has 0 saturated carbocycles. The molecule has 0 aliphatic carbocycles. The molecule has 2 aromatic carbocycles. The van der Waals surface area contributed by atoms with Gasteiger partial charge < -0.3 is 15.4 Å². The SMILES string of the molecule is Cc1ccc(Oc2ccc(NC(=O)Nc3cc(F)cc(F)c3)cc2)nn1. The summed E-state index contributed by atoms with van der Waals surface area (Å²) in [6, 6.07) is 12.1. The minimum atomic E-state index is -0.777. The number of aromatic nitrogens is 2. The summed E-state index contributed by atoms with van der Waals surface area (Å²) < 4.78 is 31.8. The maximum atomic E-state index is 13.1. The van der Waals surface area contributed by atoms with Gasteiger partial charge in [0.1, 0.15) is 17.4 Å². The summed E-state index contributed by atoms with van der Waals surface area (Å²) in [6.45, 7) is 1.82. The van der Waals surface area contributed by atoms with Crippen molar-refractivity contribution in [2.75, 3.05) is 10.6 Å². The van der Waals surface area contributed by atoms with E-state index in [9.17, 15) is 13.6 Å². The summed E-state index contributed by atoms with van der Waals surface area (Å²) >= 11 is 0. The average molecular weight is 356 g/mol. The molecule has 1 aromatic heterocycles. The third-order valence-electron chi connectivity index (χ3n) is 3.23. The van der Waals surface area contributed by atoms with Crippen LogP contribution in [0.2, 0.25) is 0 Å². The van der Waals surface area contributed by atoms with Crippen molar-refractivity contribution in [3.05, 3.63) is 71.9 Å². The van der Waals surface area contributed by atoms with Crippen LogP contribution in [-0.4, -0.2) is 16.2 Å². The van der Waals surface area contributed by atoms with Crippen molar-refractivity contribution in [2.24, 2.45) is 0 Å². The lowest BCUT2D eigenvalue weighted by molar-refractivity contribution is 0.262. The summed E-state index contributed by atoms with van der Waals surface area (Å²) in [4.78, 5) is 11.9. The second-order valence-corrected chi connectivity index (χ2v) is 5.38. The normalized spacial score (nSPS) is 10.3. The van der Waals surface area contributed by atoms with Crippen molar-refractivity contribution in [3.8, 4) is 11.6 Å². The molecule has 0 spiro atoms. The molecule has 0 aliphatic rings. The number of ether oxygens (including phenoxy) is 1. The number of urea groups is 1. The number of nitrogens with zero attached hydrogens (tertiary/aromatic N) is 2. The highest BCUT2D eigenvalue weighted by Gasteiger charge is 2.06. The fourth-order valence-corrected chi connectivity index (χ4v) is 2.09. The quantitative estimate of drug-likeness (QED) is 0.722. The molecule has 0 aliphatic heterocycles. The number of halogens is 2. The lowest BCUT2D eigenvalue weighted by atomic mass is 10.3. The molecule has 26 heavy (non-hydrogen) atoms. The van der Waals surface area contributed by atoms with Gasteiger partial charge in [0, 0.05) is 23.5 Å². The molecule has 6 nitrogen and oxygen atoms in total. The molecule has 132 valence electrons. The lowest BCUT2D eigenvalue weighted by Gasteiger charge is -2.09. The monoisotopic (exact) mass is 356 g/mol. The smallest absolute Gasteiger partial charge is 0.323 e. The highest BCUT2D eigenvalue weighted by Crippen LogP contribution is 2.21. The van der Waals surface area contributed by atoms with E-state index >= 15 is 0 Å². The Morgan fingerprint density at radius 3 is 2.15 bits per heavy atom. The Morgan fingerprint density at radius 1 is 0.885 bits per heavy atom. The van der Waals surface area contributed by atoms with Crippen molar-refractivity contribution >= 4 is 17.4 Å². The van der Waals surface area contributed by atoms with Gasteiger partial charge in [-0.15, -0.1) is 5.10 Å². The van der Waals surface area contributed by atoms with Gasteiger partial charge in [-0.3, -0.25) is 0 Å². The first kappa shape index (κ1) is 17.3. The van der Waals surface area contributed by atoms with Crippen LogP contribution in [0.4, 0.5) is 25.0 Å². The second kappa shape index (κ2) is 7.56. The van der Waals surface area contributed by atoms with Gasteiger partial charge in [-0.1, -0.05) is 0 Å². The molecule has 0 unspecified atom stereocenters. The van der Waals surface area contributed by atoms with Gasteiger partial charge in [0.25, 0.3) is 0 Å². The maximum Gasteiger partial charge on any atom is 0.323 e. The lowest BCUT2D eigenvalue weighted by Crippen LogP contribution is -2.19. The molecular weight excluding hydrogens is 342 g/mol. The topological polar surface area (TPSA) is 76.1 Å². The number of benzene rings is 2. The Balaban J connectivity index is 1.59. The number of rotatable bonds is 4. The van der Waals surface area contributed by atoms with Crippen LogP contribution in [0.25, 0.3) is 0 Å². The van der Waals surface area contributed by atoms with Crippen LogP contribution in [0.15, 0.2) is 54.6 Å². The number of aryl methyl sites for hydroxylation is 1. The van der Waals surface area contributed by atoms with E-state index in [0.717, 1.165) is 23.9 Å². The number of carbonyl (C=O) groups is 1. The predicted octanol–water partition coefficient (Wildman–Crippen LogP) is 4.50. The van der Waals surface area contributed by atoms with Gasteiger partial charge in [-0.25, -0.2) is 13.6 Å². The maximum absolute atomic E-state index is 13.1. The van der Waals surface area contributed by atoms with E-state index in [1.165, 1.54) is 0 Å². The molecule has 8 heteroatoms. The molecule has 2 amide bonds. The Hall–Kier alpha value is -3.55. The van der Waals surface area contributed by atoms with E-state index in [1.54, 1.807) is 36.4 Å². The third kappa shape index (κ3) is 4.73. The third-order valence-corrected chi connectivity index (χ3v) is 3.23. The molecule has 1 heterocycles. The van der Waals surface area contributed by atoms with Gasteiger partial charge in [-0.05, 0) is 49.4 Å². The number of nitrogens with one attached hydrogen (secondary N) is 2. The van der Waals surface area contributed by atoms with E-state index in [-0.39, 0.29) is 5.69 Å². The molecule has 0 radical (unpaired) electrons. The van der Waals surface area contributed by atoms with Crippen molar-refractivity contribution in [2.45, 2.75) is 6.92 Å². The highest BCUT2D eigenvalue weighted by atomic mass is 19.1. The minimum absolute atomic E-state index is 0.0119. The van der Waals surface area contributed by atoms with E-state index < -0.39 is 17.7 Å². The highest BCUT2D eigenvalue weighted by molar-refractivity contribution is 5.99. The number of hydrogen-bond acceptors (Lipinski definition) is 4. The Labute approximate surface area is 147 Å². The molecule has 2 N–H and O–H groups in total. The fraction of sp³-hybridized carbons (Fsp3) is 0.0556. The molecule has 0 fully saturated rings. The molecule has 0 saturated heterocycles. The van der Waals surface area contributed by atoms with Crippen LogP contribution in [0.3, 0.4) is 0 Å². The van der Waals surface area contributed by atoms with E-state index in [4.69, 9.17) is 4.74 Å². The van der Waals surface area contributed by atoms with E-state index in [2.05, 4.69) is 20.8 Å². The van der Waals surface area contributed by atoms with Crippen LogP contribution in [-0.2, 0) is 0 Å². The molecule has 3 aromatic rings. The van der Waals surface area contributed by atoms with Crippen LogP contribution in [0, 0.1) is 18.6 Å². The second-order valence-electron chi connectivity index (χ2n) is 5.38. The molecular formula is C18H14F2N4O2. The molecule has 0 bridgehead atoms. The fourth-order valence-electron chi connectivity index (χ4n) is 2.09. The van der Waals surface area contributed by atoms with Gasteiger partial charge in [0.2, 0.25) is 5.88 Å². The summed E-state index contributed by atoms with van der Waals surface area (Å²) in [5.41, 5.74) is 1.26. The van der Waals surface area contributed by atoms with Crippen LogP contribution in [0.1, 0.15) is 5.69 Å². The molecule has 0 atom stereocenters. The van der Waals surface area contributed by atoms with Gasteiger partial charge in [-0.2, -0.15) is 5.10 Å². The minimum Gasteiger partial charge on any atom is -0.438 e. The zero-order chi connectivity index (χ0) is 18.5. The van der Waals surface area contributed by atoms with Crippen LogP contribution >= 0.6 is 0 Å². The Bertz CT molecular complexity index is 895. The number of amides is 2. The molecule has 3 rings (SSSR count). The first-order chi connectivity index (χ1) is 12.5. The zero-order valence-electron chi connectivity index (χ0n) is 13.7. The predicted molar refractivity (Wildman–Crippen MR) is 92.3 cm³/mol. The first-order valence-electron chi connectivity index (χ1n) is 7.60. The summed E-state index contributed by atoms with van der Waals surface area (Å²) in [6.07, 6.45) is 0. The van der Waals surface area contributed by atoms with Gasteiger partial charge in [0.05, 0.1) is 5.69 Å². The average Bonchev–Trinajstić information content (AvgIpc) is 2.57. The largest absolute Gasteiger partial charge is 0.438 e. The summed E-state index contributed by atoms with van der Waals surface area (Å²) in [7, 11) is 0.